The van der Waals surface area contributed by atoms with Gasteiger partial charge in [-0.1, -0.05) is 6.07 Å². The Balaban J connectivity index is 2.24. The van der Waals surface area contributed by atoms with Gasteiger partial charge in [0.25, 0.3) is 0 Å². The number of amides is 1. The van der Waals surface area contributed by atoms with Crippen molar-refractivity contribution in [1.29, 1.82) is 0 Å². The van der Waals surface area contributed by atoms with E-state index in [0.29, 0.717) is 5.69 Å². The zero-order chi connectivity index (χ0) is 14.0. The maximum Gasteiger partial charge on any atom is 0.412 e. The summed E-state index contributed by atoms with van der Waals surface area (Å²) in [5, 5.41) is 3.81. The van der Waals surface area contributed by atoms with E-state index < -0.39 is 11.7 Å². The van der Waals surface area contributed by atoms with Crippen molar-refractivity contribution < 1.29 is 9.53 Å². The predicted octanol–water partition coefficient (Wildman–Crippen LogP) is 3.89. The number of aryl methyl sites for hydroxylation is 1. The van der Waals surface area contributed by atoms with Crippen LogP contribution < -0.4 is 5.32 Å². The Kier molecular flexibility index (Phi) is 3.42. The van der Waals surface area contributed by atoms with Crippen LogP contribution in [0.15, 0.2) is 30.5 Å². The van der Waals surface area contributed by atoms with Gasteiger partial charge in [0.15, 0.2) is 0 Å². The first-order valence-corrected chi connectivity index (χ1v) is 6.20. The molecule has 0 aliphatic carbocycles. The molecular formula is C15H18N2O2. The van der Waals surface area contributed by atoms with E-state index >= 15 is 0 Å². The topological polar surface area (TPSA) is 51.2 Å². The quantitative estimate of drug-likeness (QED) is 0.844. The van der Waals surface area contributed by atoms with Gasteiger partial charge in [0, 0.05) is 17.3 Å². The van der Waals surface area contributed by atoms with E-state index in [2.05, 4.69) is 10.3 Å². The molecule has 1 aromatic carbocycles. The molecule has 0 unspecified atom stereocenters. The second-order valence-electron chi connectivity index (χ2n) is 5.49. The molecule has 2 rings (SSSR count). The minimum absolute atomic E-state index is 0.456. The van der Waals surface area contributed by atoms with Crippen molar-refractivity contribution in [2.24, 2.45) is 0 Å². The predicted molar refractivity (Wildman–Crippen MR) is 76.3 cm³/mol. The first-order chi connectivity index (χ1) is 8.85. The van der Waals surface area contributed by atoms with E-state index in [4.69, 9.17) is 4.74 Å². The van der Waals surface area contributed by atoms with Crippen molar-refractivity contribution in [3.8, 4) is 0 Å². The third-order valence-corrected chi connectivity index (χ3v) is 2.57. The molecule has 1 aromatic heterocycles. The highest BCUT2D eigenvalue weighted by Gasteiger charge is 2.16. The number of hydrogen-bond acceptors (Lipinski definition) is 3. The average molecular weight is 258 g/mol. The van der Waals surface area contributed by atoms with Gasteiger partial charge in [0.05, 0.1) is 5.52 Å². The fraction of sp³-hybridized carbons (Fsp3) is 0.333. The highest BCUT2D eigenvalue weighted by molar-refractivity contribution is 5.91. The molecule has 4 heteroatoms. The molecule has 19 heavy (non-hydrogen) atoms. The van der Waals surface area contributed by atoms with Gasteiger partial charge in [-0.3, -0.25) is 10.3 Å². The molecule has 4 nitrogen and oxygen atoms in total. The summed E-state index contributed by atoms with van der Waals surface area (Å²) in [7, 11) is 0. The molecule has 0 saturated carbocycles. The summed E-state index contributed by atoms with van der Waals surface area (Å²) in [6.45, 7) is 7.49. The fourth-order valence-electron chi connectivity index (χ4n) is 1.86. The zero-order valence-electron chi connectivity index (χ0n) is 11.7. The van der Waals surface area contributed by atoms with Gasteiger partial charge in [-0.2, -0.15) is 0 Å². The molecule has 0 atom stereocenters. The minimum atomic E-state index is -0.506. The molecule has 0 saturated heterocycles. The van der Waals surface area contributed by atoms with Gasteiger partial charge >= 0.3 is 6.09 Å². The Morgan fingerprint density at radius 2 is 2.05 bits per heavy atom. The van der Waals surface area contributed by atoms with Gasteiger partial charge in [0.2, 0.25) is 0 Å². The molecule has 2 aromatic rings. The van der Waals surface area contributed by atoms with Crippen molar-refractivity contribution in [3.63, 3.8) is 0 Å². The number of fused-ring (bicyclic) bond motifs is 1. The monoisotopic (exact) mass is 258 g/mol. The van der Waals surface area contributed by atoms with E-state index in [1.807, 2.05) is 52.0 Å². The lowest BCUT2D eigenvalue weighted by Crippen LogP contribution is -2.27. The van der Waals surface area contributed by atoms with Crippen LogP contribution in [0.4, 0.5) is 10.5 Å². The van der Waals surface area contributed by atoms with Crippen molar-refractivity contribution >= 4 is 22.7 Å². The SMILES string of the molecule is Cc1cc(NC(=O)OC(C)(C)C)cc2ncccc12. The largest absolute Gasteiger partial charge is 0.444 e. The molecule has 0 aliphatic heterocycles. The van der Waals surface area contributed by atoms with Crippen LogP contribution in [-0.4, -0.2) is 16.7 Å². The number of rotatable bonds is 1. The Hall–Kier alpha value is -2.10. The number of nitrogens with one attached hydrogen (secondary N) is 1. The highest BCUT2D eigenvalue weighted by atomic mass is 16.6. The van der Waals surface area contributed by atoms with Crippen molar-refractivity contribution in [2.45, 2.75) is 33.3 Å². The highest BCUT2D eigenvalue weighted by Crippen LogP contribution is 2.22. The third-order valence-electron chi connectivity index (χ3n) is 2.57. The lowest BCUT2D eigenvalue weighted by Gasteiger charge is -2.19. The maximum absolute atomic E-state index is 11.7. The molecule has 1 N–H and O–H groups in total. The number of nitrogens with zero attached hydrogens (tertiary/aromatic N) is 1. The summed E-state index contributed by atoms with van der Waals surface area (Å²) in [4.78, 5) is 16.0. The lowest BCUT2D eigenvalue weighted by atomic mass is 10.1. The third kappa shape index (κ3) is 3.44. The number of anilines is 1. The van der Waals surface area contributed by atoms with E-state index in [-0.39, 0.29) is 0 Å². The van der Waals surface area contributed by atoms with Gasteiger partial charge in [-0.25, -0.2) is 4.79 Å². The second kappa shape index (κ2) is 4.88. The van der Waals surface area contributed by atoms with E-state index in [9.17, 15) is 4.79 Å². The number of aromatic nitrogens is 1. The normalized spacial score (nSPS) is 11.4. The van der Waals surface area contributed by atoms with Crippen LogP contribution in [0.5, 0.6) is 0 Å². The molecule has 100 valence electrons. The van der Waals surface area contributed by atoms with Gasteiger partial charge < -0.3 is 4.74 Å². The van der Waals surface area contributed by atoms with E-state index in [0.717, 1.165) is 16.5 Å². The molecule has 1 heterocycles. The Bertz CT molecular complexity index is 615. The standard InChI is InChI=1S/C15H18N2O2/c1-10-8-11(17-14(18)19-15(2,3)4)9-13-12(10)6-5-7-16-13/h5-9H,1-4H3,(H,17,18). The van der Waals surface area contributed by atoms with E-state index in [1.54, 1.807) is 6.20 Å². The van der Waals surface area contributed by atoms with Crippen LogP contribution in [-0.2, 0) is 4.74 Å². The van der Waals surface area contributed by atoms with Crippen LogP contribution in [0.25, 0.3) is 10.9 Å². The van der Waals surface area contributed by atoms with Crippen LogP contribution in [0.1, 0.15) is 26.3 Å². The zero-order valence-corrected chi connectivity index (χ0v) is 11.7. The number of carbonyl (C=O) groups is 1. The Morgan fingerprint density at radius 1 is 1.32 bits per heavy atom. The van der Waals surface area contributed by atoms with E-state index in [1.165, 1.54) is 0 Å². The molecule has 0 spiro atoms. The average Bonchev–Trinajstić information content (AvgIpc) is 2.26. The van der Waals surface area contributed by atoms with Crippen molar-refractivity contribution in [3.05, 3.63) is 36.0 Å². The first kappa shape index (κ1) is 13.3. The summed E-state index contributed by atoms with van der Waals surface area (Å²) in [6, 6.07) is 7.66. The van der Waals surface area contributed by atoms with Crippen LogP contribution in [0.2, 0.25) is 0 Å². The molecule has 0 fully saturated rings. The van der Waals surface area contributed by atoms with Crippen LogP contribution in [0, 0.1) is 6.92 Å². The number of pyridine rings is 1. The minimum Gasteiger partial charge on any atom is -0.444 e. The van der Waals surface area contributed by atoms with Crippen LogP contribution >= 0.6 is 0 Å². The number of hydrogen-bond donors (Lipinski definition) is 1. The van der Waals surface area contributed by atoms with Crippen LogP contribution in [0.3, 0.4) is 0 Å². The van der Waals surface area contributed by atoms with Crippen molar-refractivity contribution in [2.75, 3.05) is 5.32 Å². The summed E-state index contributed by atoms with van der Waals surface area (Å²) >= 11 is 0. The van der Waals surface area contributed by atoms with Gasteiger partial charge in [-0.05, 0) is 51.5 Å². The second-order valence-corrected chi connectivity index (χ2v) is 5.49. The fourth-order valence-corrected chi connectivity index (χ4v) is 1.86. The Morgan fingerprint density at radius 3 is 2.74 bits per heavy atom. The smallest absolute Gasteiger partial charge is 0.412 e. The molecule has 0 aliphatic rings. The molecule has 1 amide bonds. The summed E-state index contributed by atoms with van der Waals surface area (Å²) < 4.78 is 5.22. The van der Waals surface area contributed by atoms with Gasteiger partial charge in [-0.15, -0.1) is 0 Å². The summed E-state index contributed by atoms with van der Waals surface area (Å²) in [6.07, 6.45) is 1.28. The first-order valence-electron chi connectivity index (χ1n) is 6.20. The number of benzene rings is 1. The number of carbonyl (C=O) groups excluding carboxylic acids is 1. The summed E-state index contributed by atoms with van der Waals surface area (Å²) in [5.41, 5.74) is 2.11. The van der Waals surface area contributed by atoms with Crippen molar-refractivity contribution in [1.82, 2.24) is 4.98 Å². The maximum atomic E-state index is 11.7. The Labute approximate surface area is 112 Å². The number of ether oxygens (including phenoxy) is 1. The van der Waals surface area contributed by atoms with Gasteiger partial charge in [0.1, 0.15) is 5.60 Å². The molecule has 0 bridgehead atoms. The lowest BCUT2D eigenvalue weighted by molar-refractivity contribution is 0.0636. The molecule has 0 radical (unpaired) electrons. The summed E-state index contributed by atoms with van der Waals surface area (Å²) in [5.74, 6) is 0. The molecular weight excluding hydrogens is 240 g/mol.